The van der Waals surface area contributed by atoms with Crippen LogP contribution in [0.4, 0.5) is 24.8 Å². The van der Waals surface area contributed by atoms with Crippen LogP contribution in [0.5, 0.6) is 11.6 Å². The molecule has 0 radical (unpaired) electrons. The molecule has 2 fully saturated rings. The van der Waals surface area contributed by atoms with Crippen molar-refractivity contribution in [2.24, 2.45) is 5.92 Å². The van der Waals surface area contributed by atoms with Gasteiger partial charge in [-0.15, -0.1) is 10.2 Å². The second kappa shape index (κ2) is 14.3. The molecule has 2 atom stereocenters. The molecule has 2 unspecified atom stereocenters. The van der Waals surface area contributed by atoms with Gasteiger partial charge in [0.05, 0.1) is 37.1 Å². The lowest BCUT2D eigenvalue weighted by Crippen LogP contribution is -2.43. The van der Waals surface area contributed by atoms with Gasteiger partial charge in [-0.05, 0) is 66.6 Å². The SMILES string of the molecule is CC(Cn1cnnn1)Oc1cc(-c2cnc(Nc3cn([C@H]4CC[C@@H](C5CNCCO5)CC4)nc3OCC(F)(F)F)nc2)ccc1C#N. The van der Waals surface area contributed by atoms with Gasteiger partial charge in [-0.2, -0.15) is 18.4 Å². The van der Waals surface area contributed by atoms with Crippen LogP contribution in [0.1, 0.15) is 44.2 Å². The van der Waals surface area contributed by atoms with Crippen molar-refractivity contribution in [2.45, 2.75) is 63.6 Å². The number of benzene rings is 1. The first kappa shape index (κ1) is 32.1. The van der Waals surface area contributed by atoms with Gasteiger partial charge in [0.2, 0.25) is 5.95 Å². The zero-order valence-corrected chi connectivity index (χ0v) is 25.6. The molecule has 4 heterocycles. The van der Waals surface area contributed by atoms with Crippen LogP contribution in [0, 0.1) is 17.2 Å². The fraction of sp³-hybridized carbons (Fsp3) is 0.500. The minimum Gasteiger partial charge on any atom is -0.487 e. The zero-order chi connectivity index (χ0) is 32.8. The van der Waals surface area contributed by atoms with Gasteiger partial charge in [0.15, 0.2) is 6.61 Å². The number of nitriles is 1. The number of alkyl halides is 3. The van der Waals surface area contributed by atoms with Gasteiger partial charge in [0.1, 0.15) is 29.9 Å². The topological polar surface area (TPSA) is 163 Å². The van der Waals surface area contributed by atoms with Crippen molar-refractivity contribution in [1.29, 1.82) is 5.26 Å². The lowest BCUT2D eigenvalue weighted by molar-refractivity contribution is -0.154. The first-order chi connectivity index (χ1) is 22.7. The Labute approximate surface area is 268 Å². The van der Waals surface area contributed by atoms with Crippen LogP contribution in [-0.2, 0) is 11.3 Å². The molecule has 0 bridgehead atoms. The maximum atomic E-state index is 13.1. The molecule has 47 heavy (non-hydrogen) atoms. The van der Waals surface area contributed by atoms with Crippen molar-refractivity contribution < 1.29 is 27.4 Å². The largest absolute Gasteiger partial charge is 0.487 e. The first-order valence-corrected chi connectivity index (χ1v) is 15.4. The maximum absolute atomic E-state index is 13.1. The van der Waals surface area contributed by atoms with E-state index in [9.17, 15) is 18.4 Å². The number of aromatic nitrogens is 8. The Balaban J connectivity index is 1.15. The van der Waals surface area contributed by atoms with Crippen molar-refractivity contribution in [3.8, 4) is 28.8 Å². The lowest BCUT2D eigenvalue weighted by Gasteiger charge is -2.35. The third-order valence-corrected chi connectivity index (χ3v) is 8.17. The average Bonchev–Trinajstić information content (AvgIpc) is 3.74. The fourth-order valence-electron chi connectivity index (χ4n) is 5.87. The summed E-state index contributed by atoms with van der Waals surface area (Å²) in [5, 5.41) is 31.4. The number of nitrogens with zero attached hydrogens (tertiary/aromatic N) is 9. The summed E-state index contributed by atoms with van der Waals surface area (Å²) >= 11 is 0. The van der Waals surface area contributed by atoms with Gasteiger partial charge in [-0.3, -0.25) is 4.68 Å². The van der Waals surface area contributed by atoms with Crippen molar-refractivity contribution in [1.82, 2.24) is 45.3 Å². The lowest BCUT2D eigenvalue weighted by atomic mass is 9.82. The van der Waals surface area contributed by atoms with Crippen LogP contribution in [0.3, 0.4) is 0 Å². The number of nitrogens with one attached hydrogen (secondary N) is 2. The molecule has 1 aliphatic carbocycles. The predicted octanol–water partition coefficient (Wildman–Crippen LogP) is 4.07. The third kappa shape index (κ3) is 8.32. The van der Waals surface area contributed by atoms with Crippen LogP contribution in [0.2, 0.25) is 0 Å². The number of tetrazole rings is 1. The standard InChI is InChI=1S/C30H34F3N11O3/c1-19(15-43-18-38-41-42-43)47-26-10-21(2-3-22(26)11-34)23-12-36-29(37-13-23)39-25-16-44(40-28(25)46-17-30(31,32)33)24-6-4-20(5-7-24)27-14-35-8-9-45-27/h2-3,10,12-13,16,18-20,24,27,35H,4-9,14-15,17H2,1H3,(H,36,37,39)/t19?,20-,24+,27?. The van der Waals surface area contributed by atoms with E-state index < -0.39 is 12.8 Å². The number of hydrogen-bond acceptors (Lipinski definition) is 12. The number of halogens is 3. The predicted molar refractivity (Wildman–Crippen MR) is 161 cm³/mol. The van der Waals surface area contributed by atoms with Gasteiger partial charge < -0.3 is 24.8 Å². The fourth-order valence-corrected chi connectivity index (χ4v) is 5.87. The smallest absolute Gasteiger partial charge is 0.422 e. The molecule has 248 valence electrons. The number of hydrogen-bond donors (Lipinski definition) is 2. The van der Waals surface area contributed by atoms with E-state index in [0.717, 1.165) is 38.8 Å². The summed E-state index contributed by atoms with van der Waals surface area (Å²) in [7, 11) is 0. The Morgan fingerprint density at radius 1 is 1.17 bits per heavy atom. The van der Waals surface area contributed by atoms with E-state index in [-0.39, 0.29) is 35.8 Å². The van der Waals surface area contributed by atoms with Crippen LogP contribution in [0.15, 0.2) is 43.1 Å². The Kier molecular flexibility index (Phi) is 9.78. The van der Waals surface area contributed by atoms with E-state index in [4.69, 9.17) is 14.2 Å². The van der Waals surface area contributed by atoms with E-state index in [1.807, 2.05) is 6.92 Å². The average molecular weight is 654 g/mol. The highest BCUT2D eigenvalue weighted by atomic mass is 19.4. The number of anilines is 2. The Morgan fingerprint density at radius 2 is 1.98 bits per heavy atom. The van der Waals surface area contributed by atoms with E-state index in [0.29, 0.717) is 41.5 Å². The van der Waals surface area contributed by atoms with Gasteiger partial charge in [-0.1, -0.05) is 6.07 Å². The maximum Gasteiger partial charge on any atom is 0.422 e. The van der Waals surface area contributed by atoms with Crippen molar-refractivity contribution in [3.05, 3.63) is 48.7 Å². The Morgan fingerprint density at radius 3 is 2.66 bits per heavy atom. The number of rotatable bonds is 11. The summed E-state index contributed by atoms with van der Waals surface area (Å²) in [5.74, 6) is 0.778. The molecule has 0 amide bonds. The van der Waals surface area contributed by atoms with E-state index in [2.05, 4.69) is 47.3 Å². The molecule has 1 saturated heterocycles. The molecule has 2 aliphatic rings. The molecule has 1 aliphatic heterocycles. The number of morpholine rings is 1. The van der Waals surface area contributed by atoms with Crippen LogP contribution in [-0.4, -0.2) is 84.6 Å². The van der Waals surface area contributed by atoms with Gasteiger partial charge in [0.25, 0.3) is 5.88 Å². The minimum absolute atomic E-state index is 0.0123. The third-order valence-electron chi connectivity index (χ3n) is 8.17. The van der Waals surface area contributed by atoms with Crippen molar-refractivity contribution >= 4 is 11.6 Å². The second-order valence-electron chi connectivity index (χ2n) is 11.6. The highest BCUT2D eigenvalue weighted by molar-refractivity contribution is 5.67. The molecular weight excluding hydrogens is 619 g/mol. The molecule has 14 nitrogen and oxygen atoms in total. The summed E-state index contributed by atoms with van der Waals surface area (Å²) in [6.45, 7) is 3.13. The molecule has 3 aromatic heterocycles. The summed E-state index contributed by atoms with van der Waals surface area (Å²) in [4.78, 5) is 8.76. The van der Waals surface area contributed by atoms with Crippen LogP contribution < -0.4 is 20.1 Å². The molecular formula is C30H34F3N11O3. The minimum atomic E-state index is -4.53. The quantitative estimate of drug-likeness (QED) is 0.239. The molecule has 1 saturated carbocycles. The summed E-state index contributed by atoms with van der Waals surface area (Å²) in [6.07, 6.45) is 5.08. The summed E-state index contributed by atoms with van der Waals surface area (Å²) in [6, 6.07) is 7.26. The molecule has 0 spiro atoms. The first-order valence-electron chi connectivity index (χ1n) is 15.4. The number of ether oxygens (including phenoxy) is 3. The van der Waals surface area contributed by atoms with Crippen LogP contribution in [0.25, 0.3) is 11.1 Å². The van der Waals surface area contributed by atoms with Gasteiger partial charge >= 0.3 is 6.18 Å². The highest BCUT2D eigenvalue weighted by Crippen LogP contribution is 2.37. The zero-order valence-electron chi connectivity index (χ0n) is 25.6. The normalized spacial score (nSPS) is 20.7. The van der Waals surface area contributed by atoms with Crippen molar-refractivity contribution in [3.63, 3.8) is 0 Å². The second-order valence-corrected chi connectivity index (χ2v) is 11.6. The molecule has 4 aromatic rings. The monoisotopic (exact) mass is 653 g/mol. The molecule has 2 N–H and O–H groups in total. The summed E-state index contributed by atoms with van der Waals surface area (Å²) < 4.78 is 59.4. The van der Waals surface area contributed by atoms with E-state index in [1.165, 1.54) is 11.0 Å². The van der Waals surface area contributed by atoms with Gasteiger partial charge in [0, 0.05) is 31.0 Å². The van der Waals surface area contributed by atoms with E-state index in [1.54, 1.807) is 41.5 Å². The highest BCUT2D eigenvalue weighted by Gasteiger charge is 2.32. The molecule has 17 heteroatoms. The Bertz CT molecular complexity index is 1640. The molecule has 6 rings (SSSR count). The van der Waals surface area contributed by atoms with E-state index >= 15 is 0 Å². The van der Waals surface area contributed by atoms with Crippen molar-refractivity contribution in [2.75, 3.05) is 31.6 Å². The summed E-state index contributed by atoms with van der Waals surface area (Å²) in [5.41, 5.74) is 1.92. The van der Waals surface area contributed by atoms with Crippen LogP contribution >= 0.6 is 0 Å². The molecule has 1 aromatic carbocycles. The Hall–Kier alpha value is -4.82. The van der Waals surface area contributed by atoms with Gasteiger partial charge in [-0.25, -0.2) is 14.6 Å².